The molecule has 13 heavy (non-hydrogen) atoms. The van der Waals surface area contributed by atoms with Crippen LogP contribution in [0.15, 0.2) is 13.2 Å². The van der Waals surface area contributed by atoms with Crippen LogP contribution in [0.4, 0.5) is 0 Å². The highest BCUT2D eigenvalue weighted by atomic mass is 14.1. The Morgan fingerprint density at radius 2 is 1.08 bits per heavy atom. The molecule has 0 heteroatoms. The van der Waals surface area contributed by atoms with E-state index >= 15 is 0 Å². The molecule has 0 aliphatic heterocycles. The molecule has 0 nitrogen and oxygen atoms in total. The molecule has 0 radical (unpaired) electrons. The van der Waals surface area contributed by atoms with Gasteiger partial charge in [-0.1, -0.05) is 61.8 Å². The topological polar surface area (TPSA) is 0 Å². The van der Waals surface area contributed by atoms with Crippen LogP contribution >= 0.6 is 0 Å². The third-order valence-corrected chi connectivity index (χ3v) is 1.000. The summed E-state index contributed by atoms with van der Waals surface area (Å²) < 4.78 is 0. The van der Waals surface area contributed by atoms with Crippen LogP contribution in [-0.2, 0) is 0 Å². The Kier molecular flexibility index (Phi) is 40.0. The first-order valence-corrected chi connectivity index (χ1v) is 5.56. The van der Waals surface area contributed by atoms with Gasteiger partial charge in [0.1, 0.15) is 0 Å². The van der Waals surface area contributed by atoms with Crippen LogP contribution in [-0.4, -0.2) is 0 Å². The Morgan fingerprint density at radius 1 is 0.846 bits per heavy atom. The third kappa shape index (κ3) is 79.6. The quantitative estimate of drug-likeness (QED) is 0.464. The highest BCUT2D eigenvalue weighted by Crippen LogP contribution is 2.19. The van der Waals surface area contributed by atoms with E-state index in [9.17, 15) is 0 Å². The van der Waals surface area contributed by atoms with Crippen molar-refractivity contribution < 1.29 is 0 Å². The monoisotopic (exact) mass is 188 g/mol. The predicted octanol–water partition coefficient (Wildman–Crippen LogP) is 5.69. The lowest BCUT2D eigenvalue weighted by atomic mass is 9.91. The summed E-state index contributed by atoms with van der Waals surface area (Å²) in [5.74, 6) is 0. The van der Waals surface area contributed by atoms with Crippen LogP contribution in [0.25, 0.3) is 0 Å². The second-order valence-corrected chi connectivity index (χ2v) is 3.31. The molecule has 0 fully saturated rings. The fourth-order valence-corrected chi connectivity index (χ4v) is 0.750. The molecule has 0 aromatic heterocycles. The lowest BCUT2D eigenvalue weighted by Gasteiger charge is -2.15. The fourth-order valence-electron chi connectivity index (χ4n) is 0.750. The minimum absolute atomic E-state index is 0.550. The molecular formula is C13H32. The number of rotatable bonds is 1. The highest BCUT2D eigenvalue weighted by molar-refractivity contribution is 4.58. The van der Waals surface area contributed by atoms with Crippen molar-refractivity contribution in [1.29, 1.82) is 0 Å². The zero-order chi connectivity index (χ0) is 11.9. The molecule has 0 spiro atoms. The van der Waals surface area contributed by atoms with Gasteiger partial charge in [0.2, 0.25) is 0 Å². The largest absolute Gasteiger partial charge is 0.106 e. The molecule has 0 rings (SSSR count). The van der Waals surface area contributed by atoms with Crippen LogP contribution in [0.3, 0.4) is 0 Å². The van der Waals surface area contributed by atoms with Crippen LogP contribution in [0.1, 0.15) is 68.2 Å². The van der Waals surface area contributed by atoms with E-state index in [1.165, 1.54) is 12.8 Å². The zero-order valence-electron chi connectivity index (χ0n) is 11.3. The van der Waals surface area contributed by atoms with E-state index in [1.54, 1.807) is 0 Å². The second kappa shape index (κ2) is 22.6. The van der Waals surface area contributed by atoms with Gasteiger partial charge in [-0.2, -0.15) is 0 Å². The van der Waals surface area contributed by atoms with E-state index in [4.69, 9.17) is 0 Å². The van der Waals surface area contributed by atoms with Crippen LogP contribution in [0.5, 0.6) is 0 Å². The molecule has 0 heterocycles. The van der Waals surface area contributed by atoms with Gasteiger partial charge in [0.25, 0.3) is 0 Å². The molecule has 0 aromatic carbocycles. The first-order chi connectivity index (χ1) is 6.06. The Hall–Kier alpha value is -0.260. The van der Waals surface area contributed by atoms with Gasteiger partial charge in [0.05, 0.1) is 0 Å². The minimum atomic E-state index is 0.550. The van der Waals surface area contributed by atoms with Gasteiger partial charge in [0, 0.05) is 0 Å². The predicted molar refractivity (Wildman–Crippen MR) is 68.3 cm³/mol. The van der Waals surface area contributed by atoms with Crippen LogP contribution in [0, 0.1) is 5.41 Å². The molecule has 0 amide bonds. The Morgan fingerprint density at radius 3 is 1.08 bits per heavy atom. The summed E-state index contributed by atoms with van der Waals surface area (Å²) in [7, 11) is 0. The maximum Gasteiger partial charge on any atom is -0.0383 e. The molecule has 0 aliphatic rings. The van der Waals surface area contributed by atoms with Crippen molar-refractivity contribution in [3.63, 3.8) is 0 Å². The molecule has 0 aromatic rings. The van der Waals surface area contributed by atoms with E-state index < -0.39 is 0 Å². The van der Waals surface area contributed by atoms with E-state index in [-0.39, 0.29) is 0 Å². The van der Waals surface area contributed by atoms with Crippen molar-refractivity contribution in [2.75, 3.05) is 0 Å². The molecule has 0 saturated carbocycles. The van der Waals surface area contributed by atoms with Crippen molar-refractivity contribution in [2.45, 2.75) is 68.2 Å². The van der Waals surface area contributed by atoms with Crippen LogP contribution < -0.4 is 0 Å². The molecule has 0 N–H and O–H groups in total. The van der Waals surface area contributed by atoms with E-state index in [2.05, 4.69) is 40.9 Å². The summed E-state index contributed by atoms with van der Waals surface area (Å²) in [5, 5.41) is 0. The zero-order valence-corrected chi connectivity index (χ0v) is 11.3. The number of hydrogen-bond donors (Lipinski definition) is 0. The van der Waals surface area contributed by atoms with Gasteiger partial charge in [-0.3, -0.25) is 0 Å². The maximum atomic E-state index is 3.00. The van der Waals surface area contributed by atoms with Crippen molar-refractivity contribution in [3.8, 4) is 0 Å². The lowest BCUT2D eigenvalue weighted by Crippen LogP contribution is -2.02. The van der Waals surface area contributed by atoms with E-state index in [0.717, 1.165) is 0 Å². The normalized spacial score (nSPS) is 7.69. The smallest absolute Gasteiger partial charge is 0.0383 e. The molecule has 0 bridgehead atoms. The van der Waals surface area contributed by atoms with Crippen molar-refractivity contribution in [2.24, 2.45) is 5.41 Å². The summed E-state index contributed by atoms with van der Waals surface area (Å²) >= 11 is 0. The SMILES string of the molecule is C=C.CC.CC.CCCC(C)(C)C. The molecule has 84 valence electrons. The first-order valence-electron chi connectivity index (χ1n) is 5.56. The van der Waals surface area contributed by atoms with Crippen molar-refractivity contribution in [1.82, 2.24) is 0 Å². The summed E-state index contributed by atoms with van der Waals surface area (Å²) in [6.07, 6.45) is 2.65. The standard InChI is InChI=1S/C7H16.2C2H6.C2H4/c1-5-6-7(2,3)4;3*1-2/h5-6H2,1-4H3;2*1-2H3;1-2H2. The summed E-state index contributed by atoms with van der Waals surface area (Å²) in [6, 6.07) is 0. The Balaban J connectivity index is -0.0000000573. The van der Waals surface area contributed by atoms with Crippen LogP contribution in [0.2, 0.25) is 0 Å². The molecule has 0 aliphatic carbocycles. The molecule has 0 saturated heterocycles. The Labute approximate surface area is 87.4 Å². The van der Waals surface area contributed by atoms with Gasteiger partial charge in [-0.25, -0.2) is 0 Å². The highest BCUT2D eigenvalue weighted by Gasteiger charge is 2.06. The summed E-state index contributed by atoms with van der Waals surface area (Å²) in [6.45, 7) is 23.1. The minimum Gasteiger partial charge on any atom is -0.106 e. The van der Waals surface area contributed by atoms with Crippen molar-refractivity contribution >= 4 is 0 Å². The third-order valence-electron chi connectivity index (χ3n) is 1.000. The molecule has 0 unspecified atom stereocenters. The first kappa shape index (κ1) is 23.0. The fraction of sp³-hybridized carbons (Fsp3) is 0.846. The van der Waals surface area contributed by atoms with Gasteiger partial charge < -0.3 is 0 Å². The molecular weight excluding hydrogens is 156 g/mol. The van der Waals surface area contributed by atoms with Gasteiger partial charge in [-0.05, 0) is 11.8 Å². The number of hydrogen-bond acceptors (Lipinski definition) is 0. The Bertz CT molecular complexity index is 47.5. The summed E-state index contributed by atoms with van der Waals surface area (Å²) in [5.41, 5.74) is 0.550. The van der Waals surface area contributed by atoms with Gasteiger partial charge in [-0.15, -0.1) is 13.2 Å². The van der Waals surface area contributed by atoms with E-state index in [1.807, 2.05) is 27.7 Å². The van der Waals surface area contributed by atoms with E-state index in [0.29, 0.717) is 5.41 Å². The average molecular weight is 188 g/mol. The van der Waals surface area contributed by atoms with Gasteiger partial charge in [0.15, 0.2) is 0 Å². The second-order valence-electron chi connectivity index (χ2n) is 3.31. The molecule has 0 atom stereocenters. The summed E-state index contributed by atoms with van der Waals surface area (Å²) in [4.78, 5) is 0. The van der Waals surface area contributed by atoms with Gasteiger partial charge >= 0.3 is 0 Å². The maximum absolute atomic E-state index is 3.00. The lowest BCUT2D eigenvalue weighted by molar-refractivity contribution is 0.373. The average Bonchev–Trinajstić information content (AvgIpc) is 2.13. The van der Waals surface area contributed by atoms with Crippen molar-refractivity contribution in [3.05, 3.63) is 13.2 Å².